The number of rotatable bonds is 39. The van der Waals surface area contributed by atoms with E-state index in [4.69, 9.17) is 19.1 Å². The van der Waals surface area contributed by atoms with Gasteiger partial charge in [0.2, 0.25) is 0 Å². The summed E-state index contributed by atoms with van der Waals surface area (Å²) in [7, 11) is -4.61. The molecule has 3 atom stereocenters. The largest absolute Gasteiger partial charge is 0.472 e. The van der Waals surface area contributed by atoms with Gasteiger partial charge in [-0.25, -0.2) is 4.57 Å². The predicted octanol–water partition coefficient (Wildman–Crippen LogP) is 10.4. The van der Waals surface area contributed by atoms with Crippen molar-refractivity contribution in [2.75, 3.05) is 26.4 Å². The molecule has 0 amide bonds. The molecule has 0 aromatic heterocycles. The highest BCUT2D eigenvalue weighted by atomic mass is 31.2. The Balaban J connectivity index is 4.31. The van der Waals surface area contributed by atoms with Gasteiger partial charge in [0.05, 0.1) is 19.8 Å². The molecule has 10 nitrogen and oxygen atoms in total. The zero-order valence-electron chi connectivity index (χ0n) is 32.6. The minimum absolute atomic E-state index is 0.188. The molecule has 0 spiro atoms. The van der Waals surface area contributed by atoms with Crippen molar-refractivity contribution in [2.24, 2.45) is 0 Å². The van der Waals surface area contributed by atoms with E-state index in [9.17, 15) is 24.2 Å². The van der Waals surface area contributed by atoms with Crippen molar-refractivity contribution in [2.45, 2.75) is 206 Å². The molecule has 0 saturated heterocycles. The van der Waals surface area contributed by atoms with Crippen molar-refractivity contribution in [3.63, 3.8) is 0 Å². The molecule has 51 heavy (non-hydrogen) atoms. The van der Waals surface area contributed by atoms with Gasteiger partial charge in [0.1, 0.15) is 12.7 Å². The monoisotopic (exact) mass is 749 g/mol. The fraction of sp³-hybridized carbons (Fsp3) is 0.900. The first kappa shape index (κ1) is 49.7. The third-order valence-corrected chi connectivity index (χ3v) is 9.87. The number of aliphatic hydroxyl groups excluding tert-OH is 2. The summed E-state index contributed by atoms with van der Waals surface area (Å²) in [4.78, 5) is 34.9. The van der Waals surface area contributed by atoms with Crippen LogP contribution in [0.1, 0.15) is 194 Å². The van der Waals surface area contributed by atoms with Crippen LogP contribution in [0.15, 0.2) is 12.2 Å². The van der Waals surface area contributed by atoms with Crippen molar-refractivity contribution in [3.8, 4) is 0 Å². The van der Waals surface area contributed by atoms with Crippen LogP contribution in [0.4, 0.5) is 0 Å². The van der Waals surface area contributed by atoms with Crippen LogP contribution < -0.4 is 0 Å². The number of hydrogen-bond donors (Lipinski definition) is 3. The SMILES string of the molecule is CCCCCCCC/C=C\CCCCCCCC(=O)OC[C@H](COP(=O)(O)OCC(O)CO)OC(=O)CCCCCCCCCCCCCCC. The molecule has 302 valence electrons. The van der Waals surface area contributed by atoms with E-state index in [1.54, 1.807) is 0 Å². The lowest BCUT2D eigenvalue weighted by Gasteiger charge is -2.20. The Hall–Kier alpha value is -1.29. The van der Waals surface area contributed by atoms with Gasteiger partial charge >= 0.3 is 19.8 Å². The minimum atomic E-state index is -4.61. The van der Waals surface area contributed by atoms with Crippen LogP contribution in [0.2, 0.25) is 0 Å². The first-order valence-electron chi connectivity index (χ1n) is 20.6. The van der Waals surface area contributed by atoms with E-state index in [-0.39, 0.29) is 19.4 Å². The fourth-order valence-electron chi connectivity index (χ4n) is 5.69. The number of phosphoric acid groups is 1. The number of ether oxygens (including phenoxy) is 2. The number of hydrogen-bond acceptors (Lipinski definition) is 9. The molecule has 0 rings (SSSR count). The number of carbonyl (C=O) groups excluding carboxylic acids is 2. The fourth-order valence-corrected chi connectivity index (χ4v) is 6.48. The minimum Gasteiger partial charge on any atom is -0.462 e. The van der Waals surface area contributed by atoms with Crippen LogP contribution in [-0.2, 0) is 32.7 Å². The molecule has 0 heterocycles. The maximum Gasteiger partial charge on any atom is 0.472 e. The first-order chi connectivity index (χ1) is 24.7. The van der Waals surface area contributed by atoms with Gasteiger partial charge in [0.15, 0.2) is 6.10 Å². The van der Waals surface area contributed by atoms with Gasteiger partial charge in [-0.05, 0) is 38.5 Å². The summed E-state index contributed by atoms with van der Waals surface area (Å²) < 4.78 is 32.6. The summed E-state index contributed by atoms with van der Waals surface area (Å²) in [5, 5.41) is 18.3. The smallest absolute Gasteiger partial charge is 0.462 e. The lowest BCUT2D eigenvalue weighted by Crippen LogP contribution is -2.29. The number of phosphoric ester groups is 1. The molecule has 2 unspecified atom stereocenters. The topological polar surface area (TPSA) is 149 Å². The Bertz CT molecular complexity index is 868. The quantitative estimate of drug-likeness (QED) is 0.0240. The van der Waals surface area contributed by atoms with Gasteiger partial charge in [0, 0.05) is 12.8 Å². The molecule has 0 aliphatic carbocycles. The van der Waals surface area contributed by atoms with Crippen LogP contribution in [0.5, 0.6) is 0 Å². The summed E-state index contributed by atoms with van der Waals surface area (Å²) in [6.45, 7) is 2.37. The molecule has 0 saturated carbocycles. The standard InChI is InChI=1S/C40H77O10P/c1-3-5-7-9-11-13-15-17-18-20-21-23-25-27-29-31-39(43)47-35-38(36-49-51(45,46)48-34-37(42)33-41)50-40(44)32-30-28-26-24-22-19-16-14-12-10-8-6-4-2/h17-18,37-38,41-42H,3-16,19-36H2,1-2H3,(H,45,46)/b18-17-/t37?,38-/m1/s1. The number of allylic oxidation sites excluding steroid dienone is 2. The molecular weight excluding hydrogens is 671 g/mol. The van der Waals surface area contributed by atoms with Gasteiger partial charge in [-0.15, -0.1) is 0 Å². The van der Waals surface area contributed by atoms with Crippen molar-refractivity contribution < 1.29 is 47.8 Å². The third-order valence-electron chi connectivity index (χ3n) is 8.92. The van der Waals surface area contributed by atoms with Crippen LogP contribution in [0.3, 0.4) is 0 Å². The van der Waals surface area contributed by atoms with Gasteiger partial charge in [-0.3, -0.25) is 18.6 Å². The zero-order valence-corrected chi connectivity index (χ0v) is 33.5. The van der Waals surface area contributed by atoms with Crippen molar-refractivity contribution in [1.82, 2.24) is 0 Å². The Morgan fingerprint density at radius 1 is 0.569 bits per heavy atom. The second kappa shape index (κ2) is 37.0. The van der Waals surface area contributed by atoms with E-state index in [1.165, 1.54) is 103 Å². The van der Waals surface area contributed by atoms with Gasteiger partial charge in [-0.2, -0.15) is 0 Å². The average molecular weight is 749 g/mol. The molecule has 0 radical (unpaired) electrons. The number of aliphatic hydroxyl groups is 2. The van der Waals surface area contributed by atoms with E-state index < -0.39 is 51.8 Å². The summed E-state index contributed by atoms with van der Waals surface area (Å²) in [6, 6.07) is 0. The van der Waals surface area contributed by atoms with Crippen molar-refractivity contribution in [1.29, 1.82) is 0 Å². The molecule has 0 bridgehead atoms. The van der Waals surface area contributed by atoms with Gasteiger partial charge in [0.25, 0.3) is 0 Å². The van der Waals surface area contributed by atoms with E-state index in [0.717, 1.165) is 51.4 Å². The highest BCUT2D eigenvalue weighted by molar-refractivity contribution is 7.47. The molecule has 0 aliphatic heterocycles. The highest BCUT2D eigenvalue weighted by Crippen LogP contribution is 2.43. The van der Waals surface area contributed by atoms with Crippen LogP contribution in [0.25, 0.3) is 0 Å². The molecule has 0 aliphatic rings. The molecular formula is C40H77O10P. The van der Waals surface area contributed by atoms with E-state index >= 15 is 0 Å². The molecule has 0 aromatic carbocycles. The second-order valence-electron chi connectivity index (χ2n) is 14.0. The molecule has 3 N–H and O–H groups in total. The Morgan fingerprint density at radius 2 is 0.961 bits per heavy atom. The number of carbonyl (C=O) groups is 2. The summed E-state index contributed by atoms with van der Waals surface area (Å²) in [5.41, 5.74) is 0. The van der Waals surface area contributed by atoms with Crippen LogP contribution in [-0.4, -0.2) is 65.7 Å². The maximum atomic E-state index is 12.6. The normalized spacial score (nSPS) is 14.1. The van der Waals surface area contributed by atoms with Crippen LogP contribution in [0, 0.1) is 0 Å². The lowest BCUT2D eigenvalue weighted by atomic mass is 10.0. The summed E-state index contributed by atoms with van der Waals surface area (Å²) in [6.07, 6.45) is 33.2. The molecule has 0 fully saturated rings. The molecule has 11 heteroatoms. The van der Waals surface area contributed by atoms with Gasteiger partial charge < -0.3 is 24.6 Å². The van der Waals surface area contributed by atoms with Crippen molar-refractivity contribution in [3.05, 3.63) is 12.2 Å². The second-order valence-corrected chi connectivity index (χ2v) is 15.5. The van der Waals surface area contributed by atoms with Crippen LogP contribution >= 0.6 is 7.82 Å². The summed E-state index contributed by atoms with van der Waals surface area (Å²) >= 11 is 0. The first-order valence-corrected chi connectivity index (χ1v) is 22.1. The van der Waals surface area contributed by atoms with E-state index in [1.807, 2.05) is 0 Å². The summed E-state index contributed by atoms with van der Waals surface area (Å²) in [5.74, 6) is -0.927. The highest BCUT2D eigenvalue weighted by Gasteiger charge is 2.27. The number of esters is 2. The maximum absolute atomic E-state index is 12.6. The third kappa shape index (κ3) is 36.8. The predicted molar refractivity (Wildman–Crippen MR) is 205 cm³/mol. The zero-order chi connectivity index (χ0) is 37.7. The van der Waals surface area contributed by atoms with Gasteiger partial charge in [-0.1, -0.05) is 154 Å². The Labute approximate surface area is 311 Å². The Morgan fingerprint density at radius 3 is 1.41 bits per heavy atom. The van der Waals surface area contributed by atoms with E-state index in [2.05, 4.69) is 30.5 Å². The number of unbranched alkanes of at least 4 members (excludes halogenated alkanes) is 23. The molecule has 0 aromatic rings. The lowest BCUT2D eigenvalue weighted by molar-refractivity contribution is -0.161. The van der Waals surface area contributed by atoms with Crippen molar-refractivity contribution >= 4 is 19.8 Å². The van der Waals surface area contributed by atoms with E-state index in [0.29, 0.717) is 12.8 Å². The Kier molecular flexibility index (Phi) is 36.1. The average Bonchev–Trinajstić information content (AvgIpc) is 3.12.